The summed E-state index contributed by atoms with van der Waals surface area (Å²) in [5.74, 6) is 5.97. The highest BCUT2D eigenvalue weighted by molar-refractivity contribution is 6.19. The molecule has 0 aliphatic carbocycles. The first-order valence-corrected chi connectivity index (χ1v) is 7.91. The number of likely N-dealkylation sites (tertiary alicyclic amines) is 1. The Morgan fingerprint density at radius 1 is 1.38 bits per heavy atom. The van der Waals surface area contributed by atoms with Crippen LogP contribution in [0.3, 0.4) is 0 Å². The summed E-state index contributed by atoms with van der Waals surface area (Å²) in [6.07, 6.45) is 4.75. The normalized spacial score (nSPS) is 18.9. The van der Waals surface area contributed by atoms with Crippen molar-refractivity contribution in [3.05, 3.63) is 29.6 Å². The predicted molar refractivity (Wildman–Crippen MR) is 84.4 cm³/mol. The second-order valence-corrected chi connectivity index (χ2v) is 5.65. The quantitative estimate of drug-likeness (QED) is 0.621. The fourth-order valence-electron chi connectivity index (χ4n) is 2.68. The number of rotatable bonds is 4. The lowest BCUT2D eigenvalue weighted by Crippen LogP contribution is -2.37. The molecule has 1 aliphatic rings. The van der Waals surface area contributed by atoms with Crippen molar-refractivity contribution in [2.45, 2.75) is 31.7 Å². The van der Waals surface area contributed by atoms with E-state index in [1.807, 2.05) is 0 Å². The highest BCUT2D eigenvalue weighted by Crippen LogP contribution is 2.20. The molecule has 0 radical (unpaired) electrons. The molecule has 1 saturated heterocycles. The third-order valence-electron chi connectivity index (χ3n) is 3.81. The van der Waals surface area contributed by atoms with Gasteiger partial charge in [-0.05, 0) is 45.0 Å². The van der Waals surface area contributed by atoms with Gasteiger partial charge in [0.25, 0.3) is 0 Å². The highest BCUT2D eigenvalue weighted by atomic mass is 35.5. The maximum atomic E-state index is 13.5. The van der Waals surface area contributed by atoms with Crippen LogP contribution in [0.4, 0.5) is 4.39 Å². The van der Waals surface area contributed by atoms with E-state index in [1.165, 1.54) is 31.4 Å². The average molecular weight is 310 g/mol. The Labute approximate surface area is 131 Å². The lowest BCUT2D eigenvalue weighted by Gasteiger charge is -2.32. The number of nitrogens with zero attached hydrogens (tertiary/aromatic N) is 1. The van der Waals surface area contributed by atoms with Gasteiger partial charge in [-0.2, -0.15) is 0 Å². The molecule has 0 bridgehead atoms. The molecular formula is C17H21ClFNO. The highest BCUT2D eigenvalue weighted by Gasteiger charge is 2.18. The minimum atomic E-state index is -0.332. The zero-order valence-corrected chi connectivity index (χ0v) is 13.1. The van der Waals surface area contributed by atoms with E-state index in [4.69, 9.17) is 16.3 Å². The molecule has 1 atom stereocenters. The fourth-order valence-corrected chi connectivity index (χ4v) is 2.74. The van der Waals surface area contributed by atoms with Gasteiger partial charge in [0.1, 0.15) is 11.6 Å². The van der Waals surface area contributed by atoms with Crippen LogP contribution in [0.1, 0.15) is 31.2 Å². The molecule has 0 spiro atoms. The smallest absolute Gasteiger partial charge is 0.128 e. The molecule has 1 fully saturated rings. The minimum absolute atomic E-state index is 0.237. The number of hydrogen-bond acceptors (Lipinski definition) is 2. The van der Waals surface area contributed by atoms with Crippen molar-refractivity contribution in [1.82, 2.24) is 4.90 Å². The van der Waals surface area contributed by atoms with E-state index < -0.39 is 0 Å². The summed E-state index contributed by atoms with van der Waals surface area (Å²) in [6.45, 7) is 1.75. The van der Waals surface area contributed by atoms with Gasteiger partial charge in [-0.1, -0.05) is 18.3 Å². The molecule has 1 aliphatic heterocycles. The van der Waals surface area contributed by atoms with Crippen LogP contribution < -0.4 is 4.74 Å². The van der Waals surface area contributed by atoms with Gasteiger partial charge >= 0.3 is 0 Å². The van der Waals surface area contributed by atoms with Gasteiger partial charge < -0.3 is 9.64 Å². The molecule has 0 aromatic heterocycles. The van der Waals surface area contributed by atoms with Crippen molar-refractivity contribution < 1.29 is 9.13 Å². The number of piperidine rings is 1. The van der Waals surface area contributed by atoms with Crippen molar-refractivity contribution in [3.63, 3.8) is 0 Å². The Balaban J connectivity index is 1.89. The predicted octanol–water partition coefficient (Wildman–Crippen LogP) is 3.67. The lowest BCUT2D eigenvalue weighted by molar-refractivity contribution is 0.153. The summed E-state index contributed by atoms with van der Waals surface area (Å²) in [5, 5.41) is 0. The van der Waals surface area contributed by atoms with Crippen LogP contribution in [0.5, 0.6) is 5.75 Å². The van der Waals surface area contributed by atoms with Gasteiger partial charge in [0.2, 0.25) is 0 Å². The minimum Gasteiger partial charge on any atom is -0.493 e. The van der Waals surface area contributed by atoms with E-state index in [0.717, 1.165) is 13.0 Å². The maximum Gasteiger partial charge on any atom is 0.128 e. The zero-order valence-electron chi connectivity index (χ0n) is 12.4. The number of halogens is 2. The molecule has 0 amide bonds. The Morgan fingerprint density at radius 3 is 3.00 bits per heavy atom. The summed E-state index contributed by atoms with van der Waals surface area (Å²) in [5.41, 5.74) is 0.598. The van der Waals surface area contributed by atoms with E-state index in [9.17, 15) is 4.39 Å². The van der Waals surface area contributed by atoms with Gasteiger partial charge in [0.15, 0.2) is 0 Å². The number of ether oxygens (including phenoxy) is 1. The van der Waals surface area contributed by atoms with Crippen molar-refractivity contribution in [2.24, 2.45) is 0 Å². The molecule has 0 N–H and O–H groups in total. The largest absolute Gasteiger partial charge is 0.493 e. The molecule has 0 saturated carbocycles. The molecular weight excluding hydrogens is 289 g/mol. The Hall–Kier alpha value is -1.24. The van der Waals surface area contributed by atoms with Crippen molar-refractivity contribution in [2.75, 3.05) is 26.1 Å². The second kappa shape index (κ2) is 8.26. The van der Waals surface area contributed by atoms with E-state index in [0.29, 0.717) is 24.0 Å². The topological polar surface area (TPSA) is 12.5 Å². The van der Waals surface area contributed by atoms with Gasteiger partial charge in [-0.25, -0.2) is 4.39 Å². The van der Waals surface area contributed by atoms with E-state index in [1.54, 1.807) is 6.07 Å². The Morgan fingerprint density at radius 2 is 2.24 bits per heavy atom. The van der Waals surface area contributed by atoms with Gasteiger partial charge in [0.05, 0.1) is 12.5 Å². The standard InChI is InChI=1S/C17H21ClFNO/c1-20-9-3-2-6-16(20)7-10-21-17-12-14(5-4-8-18)11-15(19)13-17/h11-13,16H,2-3,6-10H2,1H3. The first-order valence-electron chi connectivity index (χ1n) is 7.37. The monoisotopic (exact) mass is 309 g/mol. The first kappa shape index (κ1) is 16.1. The van der Waals surface area contributed by atoms with Gasteiger partial charge in [-0.15, -0.1) is 11.6 Å². The van der Waals surface area contributed by atoms with E-state index >= 15 is 0 Å². The molecule has 4 heteroatoms. The lowest BCUT2D eigenvalue weighted by atomic mass is 10.0. The SMILES string of the molecule is CN1CCCCC1CCOc1cc(F)cc(C#CCCl)c1. The van der Waals surface area contributed by atoms with E-state index in [2.05, 4.69) is 23.8 Å². The summed E-state index contributed by atoms with van der Waals surface area (Å²) >= 11 is 5.51. The second-order valence-electron chi connectivity index (χ2n) is 5.38. The average Bonchev–Trinajstić information content (AvgIpc) is 2.47. The molecule has 1 aromatic rings. The third-order valence-corrected chi connectivity index (χ3v) is 3.95. The molecule has 2 nitrogen and oxygen atoms in total. The molecule has 114 valence electrons. The van der Waals surface area contributed by atoms with Crippen LogP contribution in [-0.2, 0) is 0 Å². The Kier molecular flexibility index (Phi) is 6.35. The van der Waals surface area contributed by atoms with E-state index in [-0.39, 0.29) is 11.7 Å². The summed E-state index contributed by atoms with van der Waals surface area (Å²) in [7, 11) is 2.16. The number of hydrogen-bond donors (Lipinski definition) is 0. The van der Waals surface area contributed by atoms with Crippen LogP contribution in [0.25, 0.3) is 0 Å². The van der Waals surface area contributed by atoms with Crippen LogP contribution >= 0.6 is 11.6 Å². The summed E-state index contributed by atoms with van der Waals surface area (Å²) in [6, 6.07) is 5.12. The Bertz CT molecular complexity index is 523. The van der Waals surface area contributed by atoms with Crippen molar-refractivity contribution >= 4 is 11.6 Å². The van der Waals surface area contributed by atoms with Crippen LogP contribution in [0, 0.1) is 17.7 Å². The molecule has 2 rings (SSSR count). The summed E-state index contributed by atoms with van der Waals surface area (Å²) in [4.78, 5) is 2.38. The first-order chi connectivity index (χ1) is 10.2. The van der Waals surface area contributed by atoms with Gasteiger partial charge in [-0.3, -0.25) is 0 Å². The maximum absolute atomic E-state index is 13.5. The zero-order chi connectivity index (χ0) is 15.1. The summed E-state index contributed by atoms with van der Waals surface area (Å²) < 4.78 is 19.2. The molecule has 1 unspecified atom stereocenters. The number of benzene rings is 1. The third kappa shape index (κ3) is 5.22. The van der Waals surface area contributed by atoms with Crippen molar-refractivity contribution in [1.29, 1.82) is 0 Å². The fraction of sp³-hybridized carbons (Fsp3) is 0.529. The molecule has 1 heterocycles. The van der Waals surface area contributed by atoms with Gasteiger partial charge in [0, 0.05) is 17.7 Å². The van der Waals surface area contributed by atoms with Crippen molar-refractivity contribution in [3.8, 4) is 17.6 Å². The number of alkyl halides is 1. The van der Waals surface area contributed by atoms with Crippen LogP contribution in [0.2, 0.25) is 0 Å². The van der Waals surface area contributed by atoms with Crippen LogP contribution in [-0.4, -0.2) is 37.0 Å². The van der Waals surface area contributed by atoms with Crippen LogP contribution in [0.15, 0.2) is 18.2 Å². The molecule has 21 heavy (non-hydrogen) atoms. The molecule has 1 aromatic carbocycles.